The van der Waals surface area contributed by atoms with Gasteiger partial charge in [-0.15, -0.1) is 0 Å². The number of fused-ring (bicyclic) bond motifs is 9. The first-order chi connectivity index (χ1) is 27.4. The summed E-state index contributed by atoms with van der Waals surface area (Å²) < 4.78 is 0. The summed E-state index contributed by atoms with van der Waals surface area (Å²) in [5.74, 6) is 0. The highest BCUT2D eigenvalue weighted by Crippen LogP contribution is 2.54. The van der Waals surface area contributed by atoms with Gasteiger partial charge in [0, 0.05) is 0 Å². The largest absolute Gasteiger partial charge is 0.0622 e. The maximum atomic E-state index is 2.57. The van der Waals surface area contributed by atoms with Crippen LogP contribution >= 0.6 is 0 Å². The molecule has 13 rings (SSSR count). The molecule has 0 N–H and O–H groups in total. The van der Waals surface area contributed by atoms with Crippen LogP contribution in [0.4, 0.5) is 0 Å². The first-order valence-corrected chi connectivity index (χ1v) is 19.9. The fraction of sp³-hybridized carbons (Fsp3) is 0.0714. The topological polar surface area (TPSA) is 0 Å². The fourth-order valence-electron chi connectivity index (χ4n) is 10.7. The average Bonchev–Trinajstić information content (AvgIpc) is 3.72. The number of hydrogen-bond acceptors (Lipinski definition) is 0. The van der Waals surface area contributed by atoms with E-state index in [-0.39, 0.29) is 5.41 Å². The summed E-state index contributed by atoms with van der Waals surface area (Å²) in [4.78, 5) is 0. The Morgan fingerprint density at radius 1 is 0.268 bits per heavy atom. The highest BCUT2D eigenvalue weighted by Gasteiger charge is 2.27. The maximum absolute atomic E-state index is 2.57. The molecule has 0 amide bonds. The Hall–Kier alpha value is -6.76. The van der Waals surface area contributed by atoms with Crippen LogP contribution in [-0.4, -0.2) is 0 Å². The molecule has 13 aromatic rings. The van der Waals surface area contributed by atoms with Gasteiger partial charge in [0.25, 0.3) is 0 Å². The molecule has 13 aromatic carbocycles. The smallest absolute Gasteiger partial charge is 0.000719 e. The molecule has 0 fully saturated rings. The van der Waals surface area contributed by atoms with Crippen molar-refractivity contribution in [3.63, 3.8) is 0 Å². The lowest BCUT2D eigenvalue weighted by Crippen LogP contribution is -2.10. The van der Waals surface area contributed by atoms with Gasteiger partial charge in [-0.1, -0.05) is 160 Å². The van der Waals surface area contributed by atoms with Gasteiger partial charge in [0.15, 0.2) is 0 Å². The second-order valence-electron chi connectivity index (χ2n) is 17.2. The second kappa shape index (κ2) is 10.5. The zero-order chi connectivity index (χ0) is 37.0. The van der Waals surface area contributed by atoms with Crippen LogP contribution < -0.4 is 0 Å². The van der Waals surface area contributed by atoms with Gasteiger partial charge >= 0.3 is 0 Å². The normalized spacial score (nSPS) is 12.9. The van der Waals surface area contributed by atoms with Gasteiger partial charge in [0.2, 0.25) is 0 Å². The molecular weight excluding hydrogens is 673 g/mol. The van der Waals surface area contributed by atoms with Crippen molar-refractivity contribution in [2.75, 3.05) is 0 Å². The molecule has 0 saturated carbocycles. The van der Waals surface area contributed by atoms with Crippen molar-refractivity contribution in [3.8, 4) is 22.3 Å². The van der Waals surface area contributed by atoms with Crippen molar-refractivity contribution in [3.05, 3.63) is 169 Å². The van der Waals surface area contributed by atoms with Crippen LogP contribution in [0, 0.1) is 0 Å². The third kappa shape index (κ3) is 3.84. The van der Waals surface area contributed by atoms with Crippen molar-refractivity contribution in [2.24, 2.45) is 0 Å². The van der Waals surface area contributed by atoms with E-state index in [0.717, 1.165) is 0 Å². The number of benzene rings is 11. The van der Waals surface area contributed by atoms with Crippen LogP contribution in [0.2, 0.25) is 0 Å². The Morgan fingerprint density at radius 2 is 0.821 bits per heavy atom. The van der Waals surface area contributed by atoms with Gasteiger partial charge in [0.1, 0.15) is 0 Å². The molecule has 0 aliphatic heterocycles. The summed E-state index contributed by atoms with van der Waals surface area (Å²) in [6.45, 7) is 6.98. The van der Waals surface area contributed by atoms with E-state index < -0.39 is 0 Å². The van der Waals surface area contributed by atoms with Crippen molar-refractivity contribution in [2.45, 2.75) is 26.2 Å². The van der Waals surface area contributed by atoms with E-state index in [1.807, 2.05) is 0 Å². The molecular formula is C56H36. The highest BCUT2D eigenvalue weighted by atomic mass is 14.3. The van der Waals surface area contributed by atoms with Crippen LogP contribution in [0.15, 0.2) is 164 Å². The van der Waals surface area contributed by atoms with Gasteiger partial charge in [0.05, 0.1) is 0 Å². The van der Waals surface area contributed by atoms with Crippen LogP contribution in [0.5, 0.6) is 0 Å². The Labute approximate surface area is 324 Å². The minimum absolute atomic E-state index is 0.0507. The molecule has 0 spiro atoms. The maximum Gasteiger partial charge on any atom is -0.000719 e. The molecule has 260 valence electrons. The first-order valence-electron chi connectivity index (χ1n) is 19.9. The van der Waals surface area contributed by atoms with Gasteiger partial charge in [-0.25, -0.2) is 0 Å². The van der Waals surface area contributed by atoms with Crippen LogP contribution in [0.25, 0.3) is 130 Å². The molecule has 0 saturated heterocycles. The Kier molecular flexibility index (Phi) is 5.73. The third-order valence-electron chi connectivity index (χ3n) is 13.1. The van der Waals surface area contributed by atoms with Gasteiger partial charge < -0.3 is 0 Å². The zero-order valence-electron chi connectivity index (χ0n) is 31.6. The summed E-state index contributed by atoms with van der Waals surface area (Å²) in [5.41, 5.74) is 6.58. The molecule has 0 heterocycles. The van der Waals surface area contributed by atoms with E-state index in [9.17, 15) is 0 Å². The first kappa shape index (κ1) is 30.6. The van der Waals surface area contributed by atoms with Crippen LogP contribution in [-0.2, 0) is 5.41 Å². The lowest BCUT2D eigenvalue weighted by atomic mass is 9.83. The van der Waals surface area contributed by atoms with Gasteiger partial charge in [-0.05, 0) is 165 Å². The highest BCUT2D eigenvalue weighted by molar-refractivity contribution is 6.45. The Morgan fingerprint density at radius 3 is 1.55 bits per heavy atom. The monoisotopic (exact) mass is 708 g/mol. The SMILES string of the molecule is CC(C)(C)c1cc2ccc3ccc4c5cc6c(-c7ccccc7)c7c8cc9ccccc9c9cccc(c7c(-c7ccccc7)c6cc5c5cc(c1)c2c3c45)c98. The van der Waals surface area contributed by atoms with Gasteiger partial charge in [-0.2, -0.15) is 0 Å². The summed E-state index contributed by atoms with van der Waals surface area (Å²) >= 11 is 0. The molecule has 0 nitrogen and oxygen atoms in total. The van der Waals surface area contributed by atoms with E-state index in [1.165, 1.54) is 136 Å². The molecule has 0 atom stereocenters. The second-order valence-corrected chi connectivity index (χ2v) is 17.2. The molecule has 0 aromatic heterocycles. The summed E-state index contributed by atoms with van der Waals surface area (Å²) in [6, 6.07) is 62.6. The Bertz CT molecular complexity index is 3750. The standard InChI is InChI=1S/C56H36/c1-56(2,3)37-25-35-22-21-33-23-24-40-42-29-45-46(30-43(42)44-28-36(26-37)48(35)51(33)53(40)44)49(31-13-6-4-7-14-31)54-41-20-12-19-39-38-18-11-10-17-34(38)27-47(52(39)41)55(54)50(45)32-15-8-5-9-16-32/h4-30H,1-3H3. The predicted octanol–water partition coefficient (Wildman–Crippen LogP) is 16.2. The number of hydrogen-bond donors (Lipinski definition) is 0. The van der Waals surface area contributed by atoms with E-state index in [1.54, 1.807) is 0 Å². The molecule has 56 heavy (non-hydrogen) atoms. The van der Waals surface area contributed by atoms with Crippen molar-refractivity contribution in [1.82, 2.24) is 0 Å². The van der Waals surface area contributed by atoms with Gasteiger partial charge in [-0.3, -0.25) is 0 Å². The van der Waals surface area contributed by atoms with Crippen molar-refractivity contribution < 1.29 is 0 Å². The van der Waals surface area contributed by atoms with E-state index in [0.29, 0.717) is 0 Å². The summed E-state index contributed by atoms with van der Waals surface area (Å²) in [7, 11) is 0. The lowest BCUT2D eigenvalue weighted by molar-refractivity contribution is 0.591. The minimum Gasteiger partial charge on any atom is -0.0622 e. The molecule has 0 aliphatic rings. The molecule has 0 aliphatic carbocycles. The zero-order valence-corrected chi connectivity index (χ0v) is 31.6. The third-order valence-corrected chi connectivity index (χ3v) is 13.1. The van der Waals surface area contributed by atoms with Crippen LogP contribution in [0.3, 0.4) is 0 Å². The Balaban J connectivity index is 1.31. The average molecular weight is 709 g/mol. The molecule has 0 unspecified atom stereocenters. The summed E-state index contributed by atoms with van der Waals surface area (Å²) in [6.07, 6.45) is 0. The van der Waals surface area contributed by atoms with Crippen molar-refractivity contribution >= 4 is 108 Å². The summed E-state index contributed by atoms with van der Waals surface area (Å²) in [5, 5.41) is 26.8. The molecule has 0 radical (unpaired) electrons. The molecule has 0 bridgehead atoms. The predicted molar refractivity (Wildman–Crippen MR) is 245 cm³/mol. The lowest BCUT2D eigenvalue weighted by Gasteiger charge is -2.21. The minimum atomic E-state index is 0.0507. The molecule has 0 heteroatoms. The van der Waals surface area contributed by atoms with E-state index in [2.05, 4.69) is 185 Å². The quantitative estimate of drug-likeness (QED) is 0.157. The van der Waals surface area contributed by atoms with Crippen LogP contribution in [0.1, 0.15) is 26.3 Å². The van der Waals surface area contributed by atoms with Crippen molar-refractivity contribution in [1.29, 1.82) is 0 Å². The van der Waals surface area contributed by atoms with E-state index in [4.69, 9.17) is 0 Å². The van der Waals surface area contributed by atoms with E-state index >= 15 is 0 Å². The number of rotatable bonds is 2. The fourth-order valence-corrected chi connectivity index (χ4v) is 10.7.